The second kappa shape index (κ2) is 5.75. The van der Waals surface area contributed by atoms with Crippen LogP contribution in [0.3, 0.4) is 0 Å². The number of nitrogens with zero attached hydrogens (tertiary/aromatic N) is 5. The Morgan fingerprint density at radius 2 is 1.86 bits per heavy atom. The summed E-state index contributed by atoms with van der Waals surface area (Å²) in [7, 11) is 0. The van der Waals surface area contributed by atoms with Crippen LogP contribution in [0.4, 0.5) is 0 Å². The fraction of sp³-hybridized carbons (Fsp3) is 0.467. The van der Waals surface area contributed by atoms with Gasteiger partial charge in [-0.1, -0.05) is 0 Å². The van der Waals surface area contributed by atoms with Crippen LogP contribution in [0.15, 0.2) is 18.5 Å². The lowest BCUT2D eigenvalue weighted by Crippen LogP contribution is -2.36. The topological polar surface area (TPSA) is 70.8 Å². The summed E-state index contributed by atoms with van der Waals surface area (Å²) < 4.78 is 1.63. The quantitative estimate of drug-likeness (QED) is 0.778. The molecule has 116 valence electrons. The number of carbonyl (C=O) groups is 2. The van der Waals surface area contributed by atoms with Gasteiger partial charge in [0.2, 0.25) is 5.91 Å². The predicted molar refractivity (Wildman–Crippen MR) is 80.5 cm³/mol. The summed E-state index contributed by atoms with van der Waals surface area (Å²) in [6.07, 6.45) is 4.10. The number of aryl methyl sites for hydroxylation is 1. The fourth-order valence-electron chi connectivity index (χ4n) is 2.72. The summed E-state index contributed by atoms with van der Waals surface area (Å²) in [5.74, 6) is -0.00245. The maximum atomic E-state index is 12.6. The number of hydrogen-bond acceptors (Lipinski definition) is 4. The van der Waals surface area contributed by atoms with E-state index in [-0.39, 0.29) is 11.8 Å². The summed E-state index contributed by atoms with van der Waals surface area (Å²) in [6, 6.07) is 1.87. The molecule has 1 saturated heterocycles. The lowest BCUT2D eigenvalue weighted by molar-refractivity contribution is -0.128. The van der Waals surface area contributed by atoms with E-state index in [4.69, 9.17) is 0 Å². The summed E-state index contributed by atoms with van der Waals surface area (Å²) in [4.78, 5) is 31.9. The molecule has 2 aromatic heterocycles. The minimum atomic E-state index is -0.0621. The van der Waals surface area contributed by atoms with Gasteiger partial charge in [0.05, 0.1) is 11.3 Å². The fourth-order valence-corrected chi connectivity index (χ4v) is 2.72. The third-order valence-electron chi connectivity index (χ3n) is 3.91. The molecule has 2 aromatic rings. The van der Waals surface area contributed by atoms with Gasteiger partial charge in [0, 0.05) is 51.6 Å². The van der Waals surface area contributed by atoms with Crippen molar-refractivity contribution in [3.05, 3.63) is 29.7 Å². The molecule has 2 amide bonds. The Kier molecular flexibility index (Phi) is 3.79. The first-order chi connectivity index (χ1) is 10.5. The van der Waals surface area contributed by atoms with E-state index in [2.05, 4.69) is 10.1 Å². The molecule has 0 bridgehead atoms. The first kappa shape index (κ1) is 14.5. The van der Waals surface area contributed by atoms with Crippen LogP contribution in [0.2, 0.25) is 0 Å². The van der Waals surface area contributed by atoms with Crippen molar-refractivity contribution in [3.8, 4) is 0 Å². The van der Waals surface area contributed by atoms with Gasteiger partial charge in [-0.25, -0.2) is 9.50 Å². The molecule has 0 atom stereocenters. The standard InChI is InChI=1S/C15H19N5O2/c1-11-8-14-16-9-13(10-20(14)17-11)15(22)19-5-3-4-18(6-7-19)12(2)21/h8-10H,3-7H2,1-2H3. The molecule has 0 unspecified atom stereocenters. The molecule has 0 radical (unpaired) electrons. The van der Waals surface area contributed by atoms with Gasteiger partial charge < -0.3 is 9.80 Å². The van der Waals surface area contributed by atoms with E-state index in [1.807, 2.05) is 13.0 Å². The molecule has 3 heterocycles. The number of hydrogen-bond donors (Lipinski definition) is 0. The van der Waals surface area contributed by atoms with Gasteiger partial charge in [0.25, 0.3) is 5.91 Å². The molecule has 7 nitrogen and oxygen atoms in total. The lowest BCUT2D eigenvalue weighted by atomic mass is 10.2. The van der Waals surface area contributed by atoms with Crippen molar-refractivity contribution in [1.82, 2.24) is 24.4 Å². The van der Waals surface area contributed by atoms with Gasteiger partial charge in [-0.05, 0) is 13.3 Å². The Morgan fingerprint density at radius 3 is 2.64 bits per heavy atom. The van der Waals surface area contributed by atoms with E-state index in [0.29, 0.717) is 31.7 Å². The monoisotopic (exact) mass is 301 g/mol. The number of fused-ring (bicyclic) bond motifs is 1. The van der Waals surface area contributed by atoms with E-state index in [9.17, 15) is 9.59 Å². The molecule has 1 aliphatic heterocycles. The van der Waals surface area contributed by atoms with E-state index in [0.717, 1.165) is 17.8 Å². The van der Waals surface area contributed by atoms with Crippen LogP contribution in [0.1, 0.15) is 29.4 Å². The van der Waals surface area contributed by atoms with E-state index in [1.54, 1.807) is 33.6 Å². The molecule has 1 aliphatic rings. The van der Waals surface area contributed by atoms with Gasteiger partial charge in [-0.2, -0.15) is 5.10 Å². The highest BCUT2D eigenvalue weighted by atomic mass is 16.2. The summed E-state index contributed by atoms with van der Waals surface area (Å²) in [5, 5.41) is 4.29. The lowest BCUT2D eigenvalue weighted by Gasteiger charge is -2.21. The zero-order chi connectivity index (χ0) is 15.7. The van der Waals surface area contributed by atoms with Crippen LogP contribution in [0.5, 0.6) is 0 Å². The smallest absolute Gasteiger partial charge is 0.257 e. The first-order valence-electron chi connectivity index (χ1n) is 7.41. The summed E-state index contributed by atoms with van der Waals surface area (Å²) in [5.41, 5.74) is 2.11. The van der Waals surface area contributed by atoms with Crippen LogP contribution in [-0.2, 0) is 4.79 Å². The Morgan fingerprint density at radius 1 is 1.14 bits per heavy atom. The van der Waals surface area contributed by atoms with Crippen LogP contribution in [-0.4, -0.2) is 62.4 Å². The summed E-state index contributed by atoms with van der Waals surface area (Å²) in [6.45, 7) is 5.94. The minimum absolute atomic E-state index is 0.0596. The molecule has 0 saturated carbocycles. The highest BCUT2D eigenvalue weighted by Gasteiger charge is 2.22. The van der Waals surface area contributed by atoms with Crippen molar-refractivity contribution < 1.29 is 9.59 Å². The highest BCUT2D eigenvalue weighted by molar-refractivity contribution is 5.94. The molecule has 7 heteroatoms. The highest BCUT2D eigenvalue weighted by Crippen LogP contribution is 2.10. The molecule has 0 aliphatic carbocycles. The second-order valence-electron chi connectivity index (χ2n) is 5.58. The van der Waals surface area contributed by atoms with Crippen molar-refractivity contribution in [2.45, 2.75) is 20.3 Å². The average Bonchev–Trinajstić information content (AvgIpc) is 2.70. The molecular weight excluding hydrogens is 282 g/mol. The number of carbonyl (C=O) groups excluding carboxylic acids is 2. The molecule has 3 rings (SSSR count). The second-order valence-corrected chi connectivity index (χ2v) is 5.58. The normalized spacial score (nSPS) is 15.9. The summed E-state index contributed by atoms with van der Waals surface area (Å²) >= 11 is 0. The zero-order valence-electron chi connectivity index (χ0n) is 12.8. The molecule has 0 N–H and O–H groups in total. The molecule has 0 aromatic carbocycles. The zero-order valence-corrected chi connectivity index (χ0v) is 12.8. The van der Waals surface area contributed by atoms with Gasteiger partial charge in [-0.3, -0.25) is 9.59 Å². The predicted octanol–water partition coefficient (Wildman–Crippen LogP) is 0.732. The largest absolute Gasteiger partial charge is 0.341 e. The number of aromatic nitrogens is 3. The van der Waals surface area contributed by atoms with Crippen LogP contribution >= 0.6 is 0 Å². The third-order valence-corrected chi connectivity index (χ3v) is 3.91. The number of amides is 2. The van der Waals surface area contributed by atoms with Gasteiger partial charge in [0.1, 0.15) is 0 Å². The van der Waals surface area contributed by atoms with Crippen molar-refractivity contribution in [2.24, 2.45) is 0 Å². The Balaban J connectivity index is 1.78. The maximum absolute atomic E-state index is 12.6. The van der Waals surface area contributed by atoms with E-state index >= 15 is 0 Å². The molecule has 0 spiro atoms. The van der Waals surface area contributed by atoms with Crippen LogP contribution in [0.25, 0.3) is 5.65 Å². The Hall–Kier alpha value is -2.44. The third kappa shape index (κ3) is 2.79. The van der Waals surface area contributed by atoms with Gasteiger partial charge in [-0.15, -0.1) is 0 Å². The van der Waals surface area contributed by atoms with Crippen molar-refractivity contribution >= 4 is 17.5 Å². The Labute approximate surface area is 128 Å². The number of rotatable bonds is 1. The average molecular weight is 301 g/mol. The van der Waals surface area contributed by atoms with Crippen molar-refractivity contribution in [1.29, 1.82) is 0 Å². The van der Waals surface area contributed by atoms with Gasteiger partial charge in [0.15, 0.2) is 5.65 Å². The van der Waals surface area contributed by atoms with E-state index < -0.39 is 0 Å². The molecule has 22 heavy (non-hydrogen) atoms. The molecular formula is C15H19N5O2. The SMILES string of the molecule is CC(=O)N1CCCN(C(=O)c2cnc3cc(C)nn3c2)CC1. The Bertz CT molecular complexity index is 724. The first-order valence-corrected chi connectivity index (χ1v) is 7.41. The van der Waals surface area contributed by atoms with Crippen molar-refractivity contribution in [3.63, 3.8) is 0 Å². The molecule has 1 fully saturated rings. The van der Waals surface area contributed by atoms with Gasteiger partial charge >= 0.3 is 0 Å². The van der Waals surface area contributed by atoms with Crippen LogP contribution in [0, 0.1) is 6.92 Å². The van der Waals surface area contributed by atoms with E-state index in [1.165, 1.54) is 0 Å². The minimum Gasteiger partial charge on any atom is -0.341 e. The van der Waals surface area contributed by atoms with Crippen LogP contribution < -0.4 is 0 Å². The van der Waals surface area contributed by atoms with Crippen molar-refractivity contribution in [2.75, 3.05) is 26.2 Å². The maximum Gasteiger partial charge on any atom is 0.257 e.